The molecule has 0 saturated heterocycles. The summed E-state index contributed by atoms with van der Waals surface area (Å²) in [5, 5.41) is 17.9. The van der Waals surface area contributed by atoms with Gasteiger partial charge in [0.1, 0.15) is 5.82 Å². The fourth-order valence-electron chi connectivity index (χ4n) is 1.20. The second-order valence-electron chi connectivity index (χ2n) is 3.05. The van der Waals surface area contributed by atoms with Crippen molar-refractivity contribution in [2.24, 2.45) is 0 Å². The first-order valence-electron chi connectivity index (χ1n) is 4.22. The van der Waals surface area contributed by atoms with E-state index in [4.69, 9.17) is 10.0 Å². The first-order chi connectivity index (χ1) is 6.97. The van der Waals surface area contributed by atoms with Gasteiger partial charge in [-0.05, 0) is 30.1 Å². The molecule has 80 valence electrons. The number of carbonyl (C=O) groups is 1. The van der Waals surface area contributed by atoms with E-state index < -0.39 is 18.9 Å². The van der Waals surface area contributed by atoms with Crippen molar-refractivity contribution in [2.45, 2.75) is 6.92 Å². The fraction of sp³-hybridized carbons (Fsp3) is 0.222. The number of benzene rings is 1. The van der Waals surface area contributed by atoms with Crippen molar-refractivity contribution < 1.29 is 24.0 Å². The van der Waals surface area contributed by atoms with E-state index in [1.54, 1.807) is 0 Å². The molecule has 0 aliphatic rings. The van der Waals surface area contributed by atoms with E-state index in [-0.39, 0.29) is 16.6 Å². The molecule has 0 heterocycles. The van der Waals surface area contributed by atoms with Crippen LogP contribution in [0.25, 0.3) is 0 Å². The number of aryl methyl sites for hydroxylation is 1. The Bertz CT molecular complexity index is 392. The summed E-state index contributed by atoms with van der Waals surface area (Å²) in [6.07, 6.45) is 0. The Hall–Kier alpha value is -1.40. The van der Waals surface area contributed by atoms with Gasteiger partial charge in [-0.3, -0.25) is 0 Å². The van der Waals surface area contributed by atoms with E-state index in [9.17, 15) is 9.18 Å². The minimum absolute atomic E-state index is 0.0496. The number of hydrogen-bond acceptors (Lipinski definition) is 4. The van der Waals surface area contributed by atoms with E-state index in [1.165, 1.54) is 13.0 Å². The average molecular weight is 212 g/mol. The Morgan fingerprint density at radius 3 is 2.53 bits per heavy atom. The number of hydrogen-bond donors (Lipinski definition) is 2. The fourth-order valence-corrected chi connectivity index (χ4v) is 1.20. The molecule has 0 atom stereocenters. The monoisotopic (exact) mass is 212 g/mol. The molecule has 4 nitrogen and oxygen atoms in total. The van der Waals surface area contributed by atoms with Crippen LogP contribution in [0.4, 0.5) is 4.39 Å². The summed E-state index contributed by atoms with van der Waals surface area (Å²) in [5.74, 6) is -1.34. The lowest BCUT2D eigenvalue weighted by atomic mass is 9.76. The molecule has 15 heavy (non-hydrogen) atoms. The Morgan fingerprint density at radius 1 is 1.47 bits per heavy atom. The zero-order valence-electron chi connectivity index (χ0n) is 8.32. The summed E-state index contributed by atoms with van der Waals surface area (Å²) in [5.41, 5.74) is -0.0175. The Morgan fingerprint density at radius 2 is 2.07 bits per heavy atom. The van der Waals surface area contributed by atoms with Gasteiger partial charge < -0.3 is 14.8 Å². The molecule has 0 radical (unpaired) electrons. The molecule has 2 N–H and O–H groups in total. The van der Waals surface area contributed by atoms with Crippen LogP contribution in [0.3, 0.4) is 0 Å². The molecule has 0 aliphatic heterocycles. The van der Waals surface area contributed by atoms with Gasteiger partial charge in [0.2, 0.25) is 0 Å². The summed E-state index contributed by atoms with van der Waals surface area (Å²) in [6.45, 7) is 1.47. The highest BCUT2D eigenvalue weighted by Gasteiger charge is 2.22. The van der Waals surface area contributed by atoms with Crippen LogP contribution in [0.1, 0.15) is 15.9 Å². The quantitative estimate of drug-likeness (QED) is 0.517. The third kappa shape index (κ3) is 2.34. The van der Waals surface area contributed by atoms with Gasteiger partial charge in [0, 0.05) is 0 Å². The van der Waals surface area contributed by atoms with Crippen molar-refractivity contribution in [1.82, 2.24) is 0 Å². The predicted octanol–water partition coefficient (Wildman–Crippen LogP) is -0.399. The Labute approximate surface area is 86.4 Å². The second-order valence-corrected chi connectivity index (χ2v) is 3.05. The van der Waals surface area contributed by atoms with Crippen molar-refractivity contribution in [1.29, 1.82) is 0 Å². The van der Waals surface area contributed by atoms with Gasteiger partial charge in [-0.1, -0.05) is 0 Å². The molecule has 0 spiro atoms. The molecule has 0 unspecified atom stereocenters. The van der Waals surface area contributed by atoms with Gasteiger partial charge in [0.15, 0.2) is 0 Å². The minimum Gasteiger partial charge on any atom is -0.465 e. The van der Waals surface area contributed by atoms with Crippen molar-refractivity contribution in [2.75, 3.05) is 7.11 Å². The Balaban J connectivity index is 3.34. The third-order valence-corrected chi connectivity index (χ3v) is 2.01. The molecule has 0 bridgehead atoms. The van der Waals surface area contributed by atoms with Crippen LogP contribution < -0.4 is 5.46 Å². The topological polar surface area (TPSA) is 66.8 Å². The lowest BCUT2D eigenvalue weighted by Gasteiger charge is -2.08. The third-order valence-electron chi connectivity index (χ3n) is 2.01. The molecule has 0 aliphatic carbocycles. The van der Waals surface area contributed by atoms with Gasteiger partial charge in [-0.2, -0.15) is 0 Å². The van der Waals surface area contributed by atoms with Gasteiger partial charge in [-0.15, -0.1) is 0 Å². The van der Waals surface area contributed by atoms with Crippen molar-refractivity contribution in [3.63, 3.8) is 0 Å². The summed E-state index contributed by atoms with van der Waals surface area (Å²) in [6, 6.07) is 2.13. The Kier molecular flexibility index (Phi) is 3.44. The number of ether oxygens (including phenoxy) is 1. The van der Waals surface area contributed by atoms with E-state index in [2.05, 4.69) is 4.74 Å². The molecular formula is C9H10BFO4. The zero-order chi connectivity index (χ0) is 11.6. The SMILES string of the molecule is COC(=O)c1cc(C)c(F)cc1B(O)O. The van der Waals surface area contributed by atoms with Gasteiger partial charge in [-0.25, -0.2) is 9.18 Å². The maximum absolute atomic E-state index is 13.1. The number of methoxy groups -OCH3 is 1. The van der Waals surface area contributed by atoms with E-state index in [0.29, 0.717) is 0 Å². The molecule has 6 heteroatoms. The molecule has 0 saturated carbocycles. The first-order valence-corrected chi connectivity index (χ1v) is 4.22. The summed E-state index contributed by atoms with van der Waals surface area (Å²) in [4.78, 5) is 11.2. The standard InChI is InChI=1S/C9H10BFO4/c1-5-3-6(9(12)15-2)7(10(13)14)4-8(5)11/h3-4,13-14H,1-2H3. The summed E-state index contributed by atoms with van der Waals surface area (Å²) >= 11 is 0. The van der Waals surface area contributed by atoms with Crippen LogP contribution in [0, 0.1) is 12.7 Å². The van der Waals surface area contributed by atoms with Crippen LogP contribution >= 0.6 is 0 Å². The van der Waals surface area contributed by atoms with Gasteiger partial charge in [0.05, 0.1) is 12.7 Å². The van der Waals surface area contributed by atoms with E-state index in [0.717, 1.165) is 13.2 Å². The lowest BCUT2D eigenvalue weighted by Crippen LogP contribution is -2.35. The second kappa shape index (κ2) is 4.42. The molecule has 0 amide bonds. The van der Waals surface area contributed by atoms with E-state index >= 15 is 0 Å². The largest absolute Gasteiger partial charge is 0.489 e. The van der Waals surface area contributed by atoms with Crippen molar-refractivity contribution >= 4 is 18.6 Å². The van der Waals surface area contributed by atoms with Crippen molar-refractivity contribution in [3.05, 3.63) is 29.1 Å². The smallest absolute Gasteiger partial charge is 0.465 e. The molecule has 0 fully saturated rings. The highest BCUT2D eigenvalue weighted by molar-refractivity contribution is 6.60. The first kappa shape index (κ1) is 11.7. The maximum Gasteiger partial charge on any atom is 0.489 e. The summed E-state index contributed by atoms with van der Waals surface area (Å²) < 4.78 is 17.6. The normalized spacial score (nSPS) is 9.93. The lowest BCUT2D eigenvalue weighted by molar-refractivity contribution is 0.0601. The minimum atomic E-state index is -1.91. The molecular weight excluding hydrogens is 202 g/mol. The van der Waals surface area contributed by atoms with Crippen LogP contribution in [0.5, 0.6) is 0 Å². The predicted molar refractivity (Wildman–Crippen MR) is 52.3 cm³/mol. The molecule has 1 aromatic rings. The van der Waals surface area contributed by atoms with Crippen LogP contribution in [-0.4, -0.2) is 30.2 Å². The highest BCUT2D eigenvalue weighted by atomic mass is 19.1. The van der Waals surface area contributed by atoms with Gasteiger partial charge >= 0.3 is 13.1 Å². The van der Waals surface area contributed by atoms with E-state index in [1.807, 2.05) is 0 Å². The molecule has 0 aromatic heterocycles. The van der Waals surface area contributed by atoms with Crippen LogP contribution in [0.15, 0.2) is 12.1 Å². The highest BCUT2D eigenvalue weighted by Crippen LogP contribution is 2.09. The number of carbonyl (C=O) groups excluding carboxylic acids is 1. The number of halogens is 1. The van der Waals surface area contributed by atoms with Crippen LogP contribution in [0.2, 0.25) is 0 Å². The number of rotatable bonds is 2. The molecule has 1 aromatic carbocycles. The summed E-state index contributed by atoms with van der Waals surface area (Å²) in [7, 11) is -0.747. The molecule has 1 rings (SSSR count). The van der Waals surface area contributed by atoms with Gasteiger partial charge in [0.25, 0.3) is 0 Å². The van der Waals surface area contributed by atoms with Crippen LogP contribution in [-0.2, 0) is 4.74 Å². The maximum atomic E-state index is 13.1. The average Bonchev–Trinajstić information content (AvgIpc) is 2.20. The number of esters is 1. The van der Waals surface area contributed by atoms with Crippen molar-refractivity contribution in [3.8, 4) is 0 Å². The zero-order valence-corrected chi connectivity index (χ0v) is 8.32.